The molecule has 1 heterocycles. The molecule has 19 heavy (non-hydrogen) atoms. The van der Waals surface area contributed by atoms with E-state index in [9.17, 15) is 14.4 Å². The molecule has 1 saturated heterocycles. The number of urea groups is 1. The van der Waals surface area contributed by atoms with Gasteiger partial charge in [-0.25, -0.2) is 4.79 Å². The maximum absolute atomic E-state index is 11.7. The Labute approximate surface area is 110 Å². The molecular formula is C13H14N2O4. The second-order valence-electron chi connectivity index (χ2n) is 4.20. The summed E-state index contributed by atoms with van der Waals surface area (Å²) in [5, 5.41) is 2.21. The van der Waals surface area contributed by atoms with Crippen LogP contribution in [0.4, 0.5) is 4.79 Å². The van der Waals surface area contributed by atoms with Crippen molar-refractivity contribution < 1.29 is 19.1 Å². The lowest BCUT2D eigenvalue weighted by Gasteiger charge is -2.20. The summed E-state index contributed by atoms with van der Waals surface area (Å²) in [6, 6.07) is 7.98. The zero-order valence-corrected chi connectivity index (χ0v) is 10.5. The lowest BCUT2D eigenvalue weighted by molar-refractivity contribution is -0.143. The number of rotatable bonds is 4. The third-order valence-corrected chi connectivity index (χ3v) is 2.95. The number of benzene rings is 1. The minimum absolute atomic E-state index is 0.138. The summed E-state index contributed by atoms with van der Waals surface area (Å²) in [5.74, 6) is -0.987. The van der Waals surface area contributed by atoms with Crippen molar-refractivity contribution in [3.63, 3.8) is 0 Å². The Morgan fingerprint density at radius 3 is 2.63 bits per heavy atom. The van der Waals surface area contributed by atoms with Gasteiger partial charge in [0.1, 0.15) is 6.04 Å². The van der Waals surface area contributed by atoms with Crippen molar-refractivity contribution in [3.8, 4) is 0 Å². The van der Waals surface area contributed by atoms with Gasteiger partial charge in [-0.05, 0) is 5.56 Å². The van der Waals surface area contributed by atoms with Crippen LogP contribution < -0.4 is 5.32 Å². The number of carbonyl (C=O) groups is 3. The van der Waals surface area contributed by atoms with E-state index in [4.69, 9.17) is 0 Å². The van der Waals surface area contributed by atoms with Crippen LogP contribution in [0.15, 0.2) is 30.3 Å². The van der Waals surface area contributed by atoms with Crippen LogP contribution in [0.5, 0.6) is 0 Å². The molecule has 100 valence electrons. The smallest absolute Gasteiger partial charge is 0.325 e. The molecular weight excluding hydrogens is 248 g/mol. The van der Waals surface area contributed by atoms with E-state index in [1.165, 1.54) is 12.0 Å². The molecule has 1 aliphatic heterocycles. The lowest BCUT2D eigenvalue weighted by Crippen LogP contribution is -2.36. The molecule has 0 aliphatic carbocycles. The first kappa shape index (κ1) is 13.1. The number of nitrogens with zero attached hydrogens (tertiary/aromatic N) is 1. The summed E-state index contributed by atoms with van der Waals surface area (Å²) in [5.41, 5.74) is 0.891. The van der Waals surface area contributed by atoms with Gasteiger partial charge < -0.3 is 9.64 Å². The highest BCUT2D eigenvalue weighted by Crippen LogP contribution is 2.16. The monoisotopic (exact) mass is 262 g/mol. The highest BCUT2D eigenvalue weighted by atomic mass is 16.5. The molecule has 3 amide bonds. The third kappa shape index (κ3) is 2.90. The van der Waals surface area contributed by atoms with Gasteiger partial charge in [-0.15, -0.1) is 0 Å². The van der Waals surface area contributed by atoms with E-state index < -0.39 is 23.9 Å². The van der Waals surface area contributed by atoms with Crippen LogP contribution in [0.1, 0.15) is 12.0 Å². The normalized spacial score (nSPS) is 18.4. The molecule has 1 aromatic carbocycles. The highest BCUT2D eigenvalue weighted by Gasteiger charge is 2.39. The van der Waals surface area contributed by atoms with Gasteiger partial charge in [-0.3, -0.25) is 14.9 Å². The second kappa shape index (κ2) is 5.51. The summed E-state index contributed by atoms with van der Waals surface area (Å²) >= 11 is 0. The molecule has 6 heteroatoms. The SMILES string of the molecule is COC(=O)C[C@@H]1C(=O)NC(=O)N1Cc1ccccc1. The Morgan fingerprint density at radius 2 is 2.00 bits per heavy atom. The van der Waals surface area contributed by atoms with Crippen LogP contribution in [0, 0.1) is 0 Å². The molecule has 0 unspecified atom stereocenters. The topological polar surface area (TPSA) is 75.7 Å². The Hall–Kier alpha value is -2.37. The first-order valence-corrected chi connectivity index (χ1v) is 5.84. The number of carbonyl (C=O) groups excluding carboxylic acids is 3. The predicted octanol–water partition coefficient (Wildman–Crippen LogP) is 0.670. The van der Waals surface area contributed by atoms with Crippen LogP contribution in [0.3, 0.4) is 0 Å². The minimum Gasteiger partial charge on any atom is -0.469 e. The fourth-order valence-electron chi connectivity index (χ4n) is 1.95. The second-order valence-corrected chi connectivity index (χ2v) is 4.20. The molecule has 1 atom stereocenters. The Kier molecular flexibility index (Phi) is 3.79. The fraction of sp³-hybridized carbons (Fsp3) is 0.308. The largest absolute Gasteiger partial charge is 0.469 e. The first-order chi connectivity index (χ1) is 9.11. The Morgan fingerprint density at radius 1 is 1.32 bits per heavy atom. The lowest BCUT2D eigenvalue weighted by atomic mass is 10.1. The minimum atomic E-state index is -0.805. The molecule has 2 rings (SSSR count). The first-order valence-electron chi connectivity index (χ1n) is 5.84. The average Bonchev–Trinajstić information content (AvgIpc) is 2.67. The van der Waals surface area contributed by atoms with E-state index in [0.29, 0.717) is 0 Å². The number of nitrogens with one attached hydrogen (secondary N) is 1. The standard InChI is InChI=1S/C13H14N2O4/c1-19-11(16)7-10-12(17)14-13(18)15(10)8-9-5-3-2-4-6-9/h2-6,10H,7-8H2,1H3,(H,14,17,18)/t10-/m1/s1. The van der Waals surface area contributed by atoms with Gasteiger partial charge >= 0.3 is 12.0 Å². The number of methoxy groups -OCH3 is 1. The van der Waals surface area contributed by atoms with E-state index in [1.54, 1.807) is 0 Å². The number of hydrogen-bond acceptors (Lipinski definition) is 4. The molecule has 1 N–H and O–H groups in total. The van der Waals surface area contributed by atoms with Crippen molar-refractivity contribution in [2.75, 3.05) is 7.11 Å². The maximum Gasteiger partial charge on any atom is 0.325 e. The number of amides is 3. The van der Waals surface area contributed by atoms with Crippen molar-refractivity contribution >= 4 is 17.9 Å². The van der Waals surface area contributed by atoms with Gasteiger partial charge in [0, 0.05) is 6.54 Å². The van der Waals surface area contributed by atoms with Crippen LogP contribution in [0.25, 0.3) is 0 Å². The van der Waals surface area contributed by atoms with Crippen LogP contribution >= 0.6 is 0 Å². The summed E-state index contributed by atoms with van der Waals surface area (Å²) < 4.78 is 4.54. The molecule has 1 fully saturated rings. The Bertz CT molecular complexity index is 501. The summed E-state index contributed by atoms with van der Waals surface area (Å²) in [7, 11) is 1.25. The van der Waals surface area contributed by atoms with Gasteiger partial charge in [-0.2, -0.15) is 0 Å². The summed E-state index contributed by atoms with van der Waals surface area (Å²) in [4.78, 5) is 36.0. The van der Waals surface area contributed by atoms with E-state index >= 15 is 0 Å². The summed E-state index contributed by atoms with van der Waals surface area (Å²) in [6.45, 7) is 0.278. The van der Waals surface area contributed by atoms with E-state index in [-0.39, 0.29) is 13.0 Å². The van der Waals surface area contributed by atoms with Crippen LogP contribution in [-0.4, -0.2) is 36.0 Å². The molecule has 1 aromatic rings. The summed E-state index contributed by atoms with van der Waals surface area (Å²) in [6.07, 6.45) is -0.138. The number of hydrogen-bond donors (Lipinski definition) is 1. The van der Waals surface area contributed by atoms with Gasteiger partial charge in [0.2, 0.25) is 0 Å². The van der Waals surface area contributed by atoms with E-state index in [1.807, 2.05) is 30.3 Å². The van der Waals surface area contributed by atoms with Crippen LogP contribution in [-0.2, 0) is 20.9 Å². The Balaban J connectivity index is 2.13. The molecule has 0 aromatic heterocycles. The highest BCUT2D eigenvalue weighted by molar-refractivity contribution is 6.05. The molecule has 1 aliphatic rings. The number of esters is 1. The molecule has 0 bridgehead atoms. The van der Waals surface area contributed by atoms with Crippen molar-refractivity contribution in [1.29, 1.82) is 0 Å². The quantitative estimate of drug-likeness (QED) is 0.639. The van der Waals surface area contributed by atoms with Gasteiger partial charge in [0.05, 0.1) is 13.5 Å². The van der Waals surface area contributed by atoms with Gasteiger partial charge in [0.25, 0.3) is 5.91 Å². The fourth-order valence-corrected chi connectivity index (χ4v) is 1.95. The molecule has 0 saturated carbocycles. The van der Waals surface area contributed by atoms with Crippen molar-refractivity contribution in [2.24, 2.45) is 0 Å². The zero-order valence-electron chi connectivity index (χ0n) is 10.5. The van der Waals surface area contributed by atoms with Crippen molar-refractivity contribution in [3.05, 3.63) is 35.9 Å². The molecule has 6 nitrogen and oxygen atoms in total. The zero-order chi connectivity index (χ0) is 13.8. The van der Waals surface area contributed by atoms with Crippen molar-refractivity contribution in [2.45, 2.75) is 19.0 Å². The van der Waals surface area contributed by atoms with E-state index in [0.717, 1.165) is 5.56 Å². The van der Waals surface area contributed by atoms with E-state index in [2.05, 4.69) is 10.1 Å². The number of imide groups is 1. The van der Waals surface area contributed by atoms with Crippen molar-refractivity contribution in [1.82, 2.24) is 10.2 Å². The average molecular weight is 262 g/mol. The number of ether oxygens (including phenoxy) is 1. The van der Waals surface area contributed by atoms with Gasteiger partial charge in [-0.1, -0.05) is 30.3 Å². The molecule has 0 spiro atoms. The van der Waals surface area contributed by atoms with Crippen LogP contribution in [0.2, 0.25) is 0 Å². The molecule has 0 radical (unpaired) electrons. The third-order valence-electron chi connectivity index (χ3n) is 2.95. The van der Waals surface area contributed by atoms with Gasteiger partial charge in [0.15, 0.2) is 0 Å². The predicted molar refractivity (Wildman–Crippen MR) is 65.9 cm³/mol. The maximum atomic E-state index is 11.7.